The molecule has 90 valence electrons. The summed E-state index contributed by atoms with van der Waals surface area (Å²) < 4.78 is 5.39. The molecule has 2 nitrogen and oxygen atoms in total. The number of nitriles is 1. The van der Waals surface area contributed by atoms with Crippen LogP contribution in [0.25, 0.3) is 11.1 Å². The highest BCUT2D eigenvalue weighted by Gasteiger charge is 2.02. The molecule has 0 atom stereocenters. The number of nitrogens with zero attached hydrogens (tertiary/aromatic N) is 1. The van der Waals surface area contributed by atoms with Gasteiger partial charge in [0.1, 0.15) is 5.75 Å². The highest BCUT2D eigenvalue weighted by atomic mass is 35.5. The molecule has 0 aliphatic carbocycles. The van der Waals surface area contributed by atoms with Crippen molar-refractivity contribution in [2.75, 3.05) is 6.61 Å². The lowest BCUT2D eigenvalue weighted by atomic mass is 10.0. The van der Waals surface area contributed by atoms with E-state index in [1.165, 1.54) is 0 Å². The Morgan fingerprint density at radius 3 is 2.44 bits per heavy atom. The zero-order chi connectivity index (χ0) is 13.0. The minimum atomic E-state index is 0.561. The van der Waals surface area contributed by atoms with Gasteiger partial charge in [-0.3, -0.25) is 0 Å². The molecule has 18 heavy (non-hydrogen) atoms. The Bertz CT molecular complexity index is 584. The summed E-state index contributed by atoms with van der Waals surface area (Å²) >= 11 is 5.98. The molecule has 2 rings (SSSR count). The molecule has 0 saturated carbocycles. The molecule has 0 bridgehead atoms. The van der Waals surface area contributed by atoms with Crippen LogP contribution in [0.4, 0.5) is 0 Å². The summed E-state index contributed by atoms with van der Waals surface area (Å²) in [7, 11) is 0. The van der Waals surface area contributed by atoms with E-state index in [1.54, 1.807) is 6.07 Å². The van der Waals surface area contributed by atoms with Crippen molar-refractivity contribution in [2.24, 2.45) is 0 Å². The van der Waals surface area contributed by atoms with Crippen molar-refractivity contribution < 1.29 is 4.74 Å². The second-order valence-electron chi connectivity index (χ2n) is 3.80. The van der Waals surface area contributed by atoms with E-state index < -0.39 is 0 Å². The first kappa shape index (κ1) is 12.5. The van der Waals surface area contributed by atoms with Gasteiger partial charge in [-0.15, -0.1) is 0 Å². The molecule has 0 aliphatic heterocycles. The Balaban J connectivity index is 2.36. The number of hydrogen-bond donors (Lipinski definition) is 0. The van der Waals surface area contributed by atoms with Crippen molar-refractivity contribution in [3.05, 3.63) is 53.1 Å². The Labute approximate surface area is 111 Å². The molecule has 0 heterocycles. The third-order valence-electron chi connectivity index (χ3n) is 2.53. The second kappa shape index (κ2) is 5.57. The Kier molecular flexibility index (Phi) is 3.86. The third kappa shape index (κ3) is 2.82. The summed E-state index contributed by atoms with van der Waals surface area (Å²) in [6.45, 7) is 2.60. The van der Waals surface area contributed by atoms with Crippen LogP contribution in [0.5, 0.6) is 5.75 Å². The number of hydrogen-bond acceptors (Lipinski definition) is 2. The van der Waals surface area contributed by atoms with Crippen LogP contribution in [0.2, 0.25) is 5.02 Å². The van der Waals surface area contributed by atoms with Crippen LogP contribution >= 0.6 is 11.6 Å². The molecule has 0 amide bonds. The molecule has 0 saturated heterocycles. The average Bonchev–Trinajstić information content (AvgIpc) is 2.39. The first-order valence-corrected chi connectivity index (χ1v) is 6.04. The van der Waals surface area contributed by atoms with Crippen LogP contribution in [0.1, 0.15) is 12.5 Å². The van der Waals surface area contributed by atoms with Crippen LogP contribution in [0.3, 0.4) is 0 Å². The van der Waals surface area contributed by atoms with Gasteiger partial charge in [0.05, 0.1) is 18.2 Å². The SMILES string of the molecule is CCOc1ccc(-c2cc(Cl)cc(C#N)c2)cc1. The molecule has 0 spiro atoms. The number of benzene rings is 2. The highest BCUT2D eigenvalue weighted by molar-refractivity contribution is 6.31. The molecular weight excluding hydrogens is 246 g/mol. The fourth-order valence-electron chi connectivity index (χ4n) is 1.73. The van der Waals surface area contributed by atoms with Gasteiger partial charge in [0.2, 0.25) is 0 Å². The Morgan fingerprint density at radius 1 is 1.11 bits per heavy atom. The van der Waals surface area contributed by atoms with E-state index in [2.05, 4.69) is 6.07 Å². The summed E-state index contributed by atoms with van der Waals surface area (Å²) in [5, 5.41) is 9.49. The summed E-state index contributed by atoms with van der Waals surface area (Å²) in [4.78, 5) is 0. The standard InChI is InChI=1S/C15H12ClNO/c1-2-18-15-5-3-12(4-6-15)13-7-11(10-17)8-14(16)9-13/h3-9H,2H2,1H3. The van der Waals surface area contributed by atoms with Crippen molar-refractivity contribution in [2.45, 2.75) is 6.92 Å². The van der Waals surface area contributed by atoms with Crippen LogP contribution in [0, 0.1) is 11.3 Å². The van der Waals surface area contributed by atoms with E-state index in [0.717, 1.165) is 16.9 Å². The number of rotatable bonds is 3. The summed E-state index contributed by atoms with van der Waals surface area (Å²) in [5.41, 5.74) is 2.51. The van der Waals surface area contributed by atoms with E-state index in [1.807, 2.05) is 43.3 Å². The normalized spacial score (nSPS) is 9.83. The van der Waals surface area contributed by atoms with Crippen LogP contribution in [0.15, 0.2) is 42.5 Å². The first-order valence-electron chi connectivity index (χ1n) is 5.67. The zero-order valence-corrected chi connectivity index (χ0v) is 10.7. The zero-order valence-electron chi connectivity index (χ0n) is 9.98. The number of ether oxygens (including phenoxy) is 1. The van der Waals surface area contributed by atoms with Crippen molar-refractivity contribution in [3.63, 3.8) is 0 Å². The molecule has 2 aromatic rings. The fourth-order valence-corrected chi connectivity index (χ4v) is 1.97. The quantitative estimate of drug-likeness (QED) is 0.822. The fraction of sp³-hybridized carbons (Fsp3) is 0.133. The van der Waals surface area contributed by atoms with Gasteiger partial charge in [0.15, 0.2) is 0 Å². The van der Waals surface area contributed by atoms with Gasteiger partial charge >= 0.3 is 0 Å². The molecule has 0 aromatic heterocycles. The smallest absolute Gasteiger partial charge is 0.119 e. The van der Waals surface area contributed by atoms with Gasteiger partial charge in [-0.2, -0.15) is 5.26 Å². The molecule has 0 radical (unpaired) electrons. The van der Waals surface area contributed by atoms with Crippen molar-refractivity contribution in [1.82, 2.24) is 0 Å². The highest BCUT2D eigenvalue weighted by Crippen LogP contribution is 2.26. The minimum Gasteiger partial charge on any atom is -0.494 e. The van der Waals surface area contributed by atoms with Crippen LogP contribution in [-0.4, -0.2) is 6.61 Å². The van der Waals surface area contributed by atoms with Gasteiger partial charge in [-0.25, -0.2) is 0 Å². The lowest BCUT2D eigenvalue weighted by molar-refractivity contribution is 0.340. The summed E-state index contributed by atoms with van der Waals surface area (Å²) in [6, 6.07) is 15.1. The van der Waals surface area contributed by atoms with Gasteiger partial charge < -0.3 is 4.74 Å². The molecule has 0 N–H and O–H groups in total. The molecular formula is C15H12ClNO. The van der Waals surface area contributed by atoms with E-state index in [0.29, 0.717) is 17.2 Å². The first-order chi connectivity index (χ1) is 8.72. The van der Waals surface area contributed by atoms with E-state index in [4.69, 9.17) is 21.6 Å². The topological polar surface area (TPSA) is 33.0 Å². The van der Waals surface area contributed by atoms with Crippen molar-refractivity contribution in [3.8, 4) is 22.9 Å². The van der Waals surface area contributed by atoms with Crippen LogP contribution < -0.4 is 4.74 Å². The maximum Gasteiger partial charge on any atom is 0.119 e. The van der Waals surface area contributed by atoms with Gasteiger partial charge in [-0.05, 0) is 48.4 Å². The summed E-state index contributed by atoms with van der Waals surface area (Å²) in [5.74, 6) is 0.837. The third-order valence-corrected chi connectivity index (χ3v) is 2.74. The molecule has 3 heteroatoms. The lowest BCUT2D eigenvalue weighted by Crippen LogP contribution is -1.90. The molecule has 0 fully saturated rings. The number of halogens is 1. The van der Waals surface area contributed by atoms with Crippen molar-refractivity contribution in [1.29, 1.82) is 5.26 Å². The van der Waals surface area contributed by atoms with Gasteiger partial charge in [0, 0.05) is 5.02 Å². The van der Waals surface area contributed by atoms with E-state index in [9.17, 15) is 0 Å². The lowest BCUT2D eigenvalue weighted by Gasteiger charge is -2.06. The van der Waals surface area contributed by atoms with Gasteiger partial charge in [0.25, 0.3) is 0 Å². The average molecular weight is 258 g/mol. The van der Waals surface area contributed by atoms with Crippen LogP contribution in [-0.2, 0) is 0 Å². The van der Waals surface area contributed by atoms with E-state index >= 15 is 0 Å². The largest absolute Gasteiger partial charge is 0.494 e. The monoisotopic (exact) mass is 257 g/mol. The minimum absolute atomic E-state index is 0.561. The molecule has 0 aliphatic rings. The summed E-state index contributed by atoms with van der Waals surface area (Å²) in [6.07, 6.45) is 0. The van der Waals surface area contributed by atoms with Crippen molar-refractivity contribution >= 4 is 11.6 Å². The second-order valence-corrected chi connectivity index (χ2v) is 4.23. The Hall–Kier alpha value is -1.98. The maximum atomic E-state index is 8.92. The Morgan fingerprint density at radius 2 is 1.83 bits per heavy atom. The molecule has 2 aromatic carbocycles. The predicted molar refractivity (Wildman–Crippen MR) is 72.8 cm³/mol. The van der Waals surface area contributed by atoms with Gasteiger partial charge in [-0.1, -0.05) is 23.7 Å². The predicted octanol–water partition coefficient (Wildman–Crippen LogP) is 4.28. The van der Waals surface area contributed by atoms with E-state index in [-0.39, 0.29) is 0 Å². The molecule has 0 unspecified atom stereocenters. The maximum absolute atomic E-state index is 8.92.